The maximum atomic E-state index is 12.4. The van der Waals surface area contributed by atoms with E-state index < -0.39 is 22.7 Å². The zero-order chi connectivity index (χ0) is 21.7. The summed E-state index contributed by atoms with van der Waals surface area (Å²) in [7, 11) is 0. The quantitative estimate of drug-likeness (QED) is 0.374. The highest BCUT2D eigenvalue weighted by Gasteiger charge is 2.44. The summed E-state index contributed by atoms with van der Waals surface area (Å²) >= 11 is 0. The molecule has 3 rings (SSSR count). The van der Waals surface area contributed by atoms with Crippen LogP contribution in [0.5, 0.6) is 0 Å². The Morgan fingerprint density at radius 3 is 2.47 bits per heavy atom. The number of amides is 1. The van der Waals surface area contributed by atoms with E-state index >= 15 is 0 Å². The Bertz CT molecular complexity index is 791. The average molecular weight is 417 g/mol. The second kappa shape index (κ2) is 9.69. The Kier molecular flexibility index (Phi) is 7.02. The van der Waals surface area contributed by atoms with Gasteiger partial charge in [-0.2, -0.15) is 0 Å². The number of anilines is 1. The van der Waals surface area contributed by atoms with Gasteiger partial charge in [0.2, 0.25) is 6.54 Å². The summed E-state index contributed by atoms with van der Waals surface area (Å²) in [4.78, 5) is 51.0. The van der Waals surface area contributed by atoms with Crippen molar-refractivity contribution in [1.82, 2.24) is 4.90 Å². The van der Waals surface area contributed by atoms with Gasteiger partial charge < -0.3 is 14.5 Å². The van der Waals surface area contributed by atoms with Crippen molar-refractivity contribution in [2.75, 3.05) is 44.2 Å². The van der Waals surface area contributed by atoms with E-state index in [1.807, 2.05) is 30.3 Å². The van der Waals surface area contributed by atoms with E-state index in [0.29, 0.717) is 26.2 Å². The molecular formula is C21H27N3O6. The van der Waals surface area contributed by atoms with Crippen LogP contribution >= 0.6 is 0 Å². The van der Waals surface area contributed by atoms with Crippen LogP contribution in [0.1, 0.15) is 19.8 Å². The van der Waals surface area contributed by atoms with E-state index in [-0.39, 0.29) is 43.6 Å². The normalized spacial score (nSPS) is 24.0. The Labute approximate surface area is 175 Å². The number of hydrogen-bond acceptors (Lipinski definition) is 7. The molecule has 0 aromatic heterocycles. The molecule has 0 N–H and O–H groups in total. The van der Waals surface area contributed by atoms with E-state index in [2.05, 4.69) is 4.90 Å². The molecule has 1 aromatic rings. The van der Waals surface area contributed by atoms with E-state index in [0.717, 1.165) is 5.69 Å². The number of Topliss-reactive ketones (excluding diaryl/α,β-unsaturated/α-hetero) is 1. The van der Waals surface area contributed by atoms with E-state index in [1.165, 1.54) is 0 Å². The fourth-order valence-electron chi connectivity index (χ4n) is 4.32. The van der Waals surface area contributed by atoms with Gasteiger partial charge in [-0.15, -0.1) is 0 Å². The number of para-hydroxylation sites is 1. The van der Waals surface area contributed by atoms with Crippen LogP contribution in [0.25, 0.3) is 0 Å². The minimum atomic E-state index is -0.706. The molecule has 1 aromatic carbocycles. The second-order valence-corrected chi connectivity index (χ2v) is 8.00. The fraction of sp³-hybridized carbons (Fsp3) is 0.571. The monoisotopic (exact) mass is 417 g/mol. The van der Waals surface area contributed by atoms with Crippen LogP contribution in [-0.4, -0.2) is 66.8 Å². The molecule has 1 amide bonds. The number of ketones is 1. The van der Waals surface area contributed by atoms with E-state index in [4.69, 9.17) is 4.74 Å². The van der Waals surface area contributed by atoms with Crippen molar-refractivity contribution in [2.45, 2.75) is 19.8 Å². The lowest BCUT2D eigenvalue weighted by molar-refractivity contribution is -0.490. The highest BCUT2D eigenvalue weighted by Crippen LogP contribution is 2.36. The zero-order valence-electron chi connectivity index (χ0n) is 17.1. The first-order valence-electron chi connectivity index (χ1n) is 10.2. The first-order chi connectivity index (χ1) is 14.3. The largest absolute Gasteiger partial charge is 0.456 e. The lowest BCUT2D eigenvalue weighted by atomic mass is 9.88. The molecule has 2 aliphatic rings. The van der Waals surface area contributed by atoms with Crippen molar-refractivity contribution >= 4 is 23.3 Å². The van der Waals surface area contributed by atoms with Crippen molar-refractivity contribution in [3.63, 3.8) is 0 Å². The molecule has 0 spiro atoms. The van der Waals surface area contributed by atoms with Gasteiger partial charge in [-0.1, -0.05) is 25.1 Å². The smallest absolute Gasteiger partial charge is 0.307 e. The SMILES string of the molecule is C[C@@H]1CC(=O)[C@@H](CC(=O)OCC(=O)N2CCN(c3ccccc3)CC2)[C@@H]1C[N+](=O)[O-]. The van der Waals surface area contributed by atoms with Crippen molar-refractivity contribution < 1.29 is 24.0 Å². The maximum absolute atomic E-state index is 12.4. The summed E-state index contributed by atoms with van der Waals surface area (Å²) in [5.41, 5.74) is 1.11. The lowest BCUT2D eigenvalue weighted by Gasteiger charge is -2.36. The van der Waals surface area contributed by atoms with Crippen molar-refractivity contribution in [3.8, 4) is 0 Å². The van der Waals surface area contributed by atoms with Gasteiger partial charge in [0.1, 0.15) is 5.78 Å². The molecule has 0 unspecified atom stereocenters. The number of nitrogens with zero attached hydrogens (tertiary/aromatic N) is 3. The number of esters is 1. The Morgan fingerprint density at radius 1 is 1.17 bits per heavy atom. The van der Waals surface area contributed by atoms with Gasteiger partial charge in [-0.3, -0.25) is 24.5 Å². The molecule has 9 heteroatoms. The highest BCUT2D eigenvalue weighted by atomic mass is 16.6. The third-order valence-electron chi connectivity index (χ3n) is 6.04. The van der Waals surface area contributed by atoms with Crippen LogP contribution in [0, 0.1) is 27.9 Å². The molecule has 3 atom stereocenters. The number of hydrogen-bond donors (Lipinski definition) is 0. The molecule has 1 aliphatic heterocycles. The molecule has 9 nitrogen and oxygen atoms in total. The van der Waals surface area contributed by atoms with Gasteiger partial charge in [0, 0.05) is 55.0 Å². The fourth-order valence-corrected chi connectivity index (χ4v) is 4.32. The molecule has 1 saturated heterocycles. The summed E-state index contributed by atoms with van der Waals surface area (Å²) in [5.74, 6) is -2.39. The van der Waals surface area contributed by atoms with Gasteiger partial charge in [0.05, 0.1) is 6.42 Å². The van der Waals surface area contributed by atoms with Crippen LogP contribution in [0.4, 0.5) is 5.69 Å². The van der Waals surface area contributed by atoms with Crippen LogP contribution < -0.4 is 4.90 Å². The molecule has 1 aliphatic carbocycles. The number of nitro groups is 1. The molecule has 0 radical (unpaired) electrons. The van der Waals surface area contributed by atoms with Crippen molar-refractivity contribution in [2.24, 2.45) is 17.8 Å². The third-order valence-corrected chi connectivity index (χ3v) is 6.04. The summed E-state index contributed by atoms with van der Waals surface area (Å²) in [6.45, 7) is 3.54. The van der Waals surface area contributed by atoms with Crippen molar-refractivity contribution in [1.29, 1.82) is 0 Å². The lowest BCUT2D eigenvalue weighted by Crippen LogP contribution is -2.50. The molecule has 1 saturated carbocycles. The van der Waals surface area contributed by atoms with Gasteiger partial charge in [-0.05, 0) is 18.1 Å². The predicted molar refractivity (Wildman–Crippen MR) is 108 cm³/mol. The standard InChI is InChI=1S/C21H27N3O6/c1-15-11-19(25)17(18(15)13-24(28)29)12-21(27)30-14-20(26)23-9-7-22(8-10-23)16-5-3-2-4-6-16/h2-6,15,17-18H,7-14H2,1H3/t15-,17+,18-/m1/s1. The molecular weight excluding hydrogens is 390 g/mol. The molecule has 2 fully saturated rings. The molecule has 0 bridgehead atoms. The number of piperazine rings is 1. The van der Waals surface area contributed by atoms with Crippen LogP contribution in [-0.2, 0) is 19.1 Å². The minimum Gasteiger partial charge on any atom is -0.456 e. The van der Waals surface area contributed by atoms with Crippen LogP contribution in [0.3, 0.4) is 0 Å². The average Bonchev–Trinajstić information content (AvgIpc) is 2.99. The number of carbonyl (C=O) groups excluding carboxylic acids is 3. The summed E-state index contributed by atoms with van der Waals surface area (Å²) in [6.07, 6.45) is 0.0256. The van der Waals surface area contributed by atoms with Gasteiger partial charge in [-0.25, -0.2) is 0 Å². The zero-order valence-corrected chi connectivity index (χ0v) is 17.1. The summed E-state index contributed by atoms with van der Waals surface area (Å²) in [6, 6.07) is 9.95. The summed E-state index contributed by atoms with van der Waals surface area (Å²) in [5, 5.41) is 10.9. The van der Waals surface area contributed by atoms with Crippen molar-refractivity contribution in [3.05, 3.63) is 40.4 Å². The number of ether oxygens (including phenoxy) is 1. The Hall–Kier alpha value is -2.97. The Balaban J connectivity index is 1.44. The van der Waals surface area contributed by atoms with Gasteiger partial charge >= 0.3 is 5.97 Å². The predicted octanol–water partition coefficient (Wildman–Crippen LogP) is 1.39. The topological polar surface area (TPSA) is 110 Å². The number of carbonyl (C=O) groups is 3. The molecule has 30 heavy (non-hydrogen) atoms. The first kappa shape index (κ1) is 21.7. The number of benzene rings is 1. The van der Waals surface area contributed by atoms with Gasteiger partial charge in [0.15, 0.2) is 6.61 Å². The molecule has 1 heterocycles. The first-order valence-corrected chi connectivity index (χ1v) is 10.2. The van der Waals surface area contributed by atoms with Crippen LogP contribution in [0.2, 0.25) is 0 Å². The second-order valence-electron chi connectivity index (χ2n) is 8.00. The van der Waals surface area contributed by atoms with E-state index in [9.17, 15) is 24.5 Å². The summed E-state index contributed by atoms with van der Waals surface area (Å²) < 4.78 is 5.10. The third kappa shape index (κ3) is 5.34. The van der Waals surface area contributed by atoms with E-state index in [1.54, 1.807) is 11.8 Å². The molecule has 162 valence electrons. The Morgan fingerprint density at radius 2 is 1.83 bits per heavy atom. The maximum Gasteiger partial charge on any atom is 0.307 e. The minimum absolute atomic E-state index is 0.136. The van der Waals surface area contributed by atoms with Crippen LogP contribution in [0.15, 0.2) is 30.3 Å². The highest BCUT2D eigenvalue weighted by molar-refractivity contribution is 5.88. The van der Waals surface area contributed by atoms with Gasteiger partial charge in [0.25, 0.3) is 5.91 Å². The number of rotatable bonds is 7.